The van der Waals surface area contributed by atoms with Crippen LogP contribution >= 0.6 is 0 Å². The van der Waals surface area contributed by atoms with Crippen molar-refractivity contribution in [3.05, 3.63) is 42.0 Å². The third-order valence-electron chi connectivity index (χ3n) is 2.47. The van der Waals surface area contributed by atoms with Gasteiger partial charge in [0, 0.05) is 6.08 Å². The third kappa shape index (κ3) is 5.52. The molecule has 0 atom stereocenters. The monoisotopic (exact) mass is 304 g/mol. The first kappa shape index (κ1) is 17.6. The van der Waals surface area contributed by atoms with Crippen LogP contribution in [0.1, 0.15) is 33.3 Å². The van der Waals surface area contributed by atoms with Crippen molar-refractivity contribution in [3.63, 3.8) is 0 Å². The van der Waals surface area contributed by atoms with Gasteiger partial charge in [0.15, 0.2) is 0 Å². The van der Waals surface area contributed by atoms with Crippen molar-refractivity contribution in [2.45, 2.75) is 39.9 Å². The lowest BCUT2D eigenvalue weighted by Crippen LogP contribution is -2.21. The maximum Gasteiger partial charge on any atom is 0.379 e. The number of esters is 2. The molecular formula is C17H20O5. The lowest BCUT2D eigenvalue weighted by Gasteiger charge is -2.11. The second kappa shape index (κ2) is 8.12. The normalized spacial score (nSPS) is 11.5. The van der Waals surface area contributed by atoms with Gasteiger partial charge in [0.25, 0.3) is 5.78 Å². The SMILES string of the molecule is CC(C)OC(=O)C(=O)/C=C(/C(=O)OC(C)C)c1ccccc1. The van der Waals surface area contributed by atoms with E-state index in [1.54, 1.807) is 58.0 Å². The van der Waals surface area contributed by atoms with E-state index in [4.69, 9.17) is 9.47 Å². The van der Waals surface area contributed by atoms with E-state index in [2.05, 4.69) is 0 Å². The van der Waals surface area contributed by atoms with E-state index >= 15 is 0 Å². The highest BCUT2D eigenvalue weighted by molar-refractivity contribution is 6.42. The van der Waals surface area contributed by atoms with E-state index in [-0.39, 0.29) is 11.7 Å². The maximum atomic E-state index is 12.1. The number of benzene rings is 1. The summed E-state index contributed by atoms with van der Waals surface area (Å²) in [5.74, 6) is -2.55. The summed E-state index contributed by atoms with van der Waals surface area (Å²) in [4.78, 5) is 35.6. The van der Waals surface area contributed by atoms with Crippen LogP contribution in [0.3, 0.4) is 0 Å². The highest BCUT2D eigenvalue weighted by atomic mass is 16.5. The molecule has 0 aliphatic rings. The van der Waals surface area contributed by atoms with Crippen LogP contribution in [0.2, 0.25) is 0 Å². The van der Waals surface area contributed by atoms with Crippen molar-refractivity contribution < 1.29 is 23.9 Å². The molecule has 1 aromatic carbocycles. The molecule has 5 nitrogen and oxygen atoms in total. The summed E-state index contributed by atoms with van der Waals surface area (Å²) in [6.07, 6.45) is 0.218. The Hall–Kier alpha value is -2.43. The number of carbonyl (C=O) groups excluding carboxylic acids is 3. The molecule has 0 bridgehead atoms. The maximum absolute atomic E-state index is 12.1. The number of rotatable bonds is 6. The van der Waals surface area contributed by atoms with Crippen LogP contribution in [0.4, 0.5) is 0 Å². The fraction of sp³-hybridized carbons (Fsp3) is 0.353. The lowest BCUT2D eigenvalue weighted by atomic mass is 10.0. The smallest absolute Gasteiger partial charge is 0.379 e. The quantitative estimate of drug-likeness (QED) is 0.459. The molecule has 1 rings (SSSR count). The molecule has 0 amide bonds. The van der Waals surface area contributed by atoms with E-state index < -0.39 is 23.8 Å². The molecule has 0 spiro atoms. The van der Waals surface area contributed by atoms with Crippen molar-refractivity contribution in [3.8, 4) is 0 Å². The second-order valence-electron chi connectivity index (χ2n) is 5.20. The Morgan fingerprint density at radius 2 is 1.36 bits per heavy atom. The summed E-state index contributed by atoms with van der Waals surface area (Å²) in [5, 5.41) is 0. The highest BCUT2D eigenvalue weighted by Gasteiger charge is 2.21. The van der Waals surface area contributed by atoms with Crippen LogP contribution in [-0.4, -0.2) is 29.9 Å². The molecule has 0 aromatic heterocycles. The number of hydrogen-bond acceptors (Lipinski definition) is 5. The minimum absolute atomic E-state index is 0.0278. The Balaban J connectivity index is 3.10. The zero-order valence-corrected chi connectivity index (χ0v) is 13.2. The van der Waals surface area contributed by atoms with Crippen LogP contribution in [-0.2, 0) is 23.9 Å². The average Bonchev–Trinajstić information content (AvgIpc) is 2.43. The van der Waals surface area contributed by atoms with E-state index in [1.807, 2.05) is 0 Å². The molecule has 0 unspecified atom stereocenters. The minimum atomic E-state index is -0.999. The van der Waals surface area contributed by atoms with Crippen LogP contribution in [0, 0.1) is 0 Å². The number of hydrogen-bond donors (Lipinski definition) is 0. The summed E-state index contributed by atoms with van der Waals surface area (Å²) in [7, 11) is 0. The summed E-state index contributed by atoms with van der Waals surface area (Å²) in [6, 6.07) is 8.55. The summed E-state index contributed by atoms with van der Waals surface area (Å²) in [6.45, 7) is 6.69. The number of ether oxygens (including phenoxy) is 2. The molecule has 0 heterocycles. The first-order valence-electron chi connectivity index (χ1n) is 7.04. The second-order valence-corrected chi connectivity index (χ2v) is 5.20. The Kier molecular flexibility index (Phi) is 6.50. The zero-order valence-electron chi connectivity index (χ0n) is 13.2. The number of carbonyl (C=O) groups is 3. The molecule has 5 heteroatoms. The largest absolute Gasteiger partial charge is 0.459 e. The van der Waals surface area contributed by atoms with Crippen molar-refractivity contribution in [1.29, 1.82) is 0 Å². The van der Waals surface area contributed by atoms with E-state index in [0.717, 1.165) is 6.08 Å². The van der Waals surface area contributed by atoms with Gasteiger partial charge >= 0.3 is 11.9 Å². The Morgan fingerprint density at radius 3 is 1.86 bits per heavy atom. The Labute approximate surface area is 129 Å². The van der Waals surface area contributed by atoms with Crippen molar-refractivity contribution in [2.24, 2.45) is 0 Å². The summed E-state index contributed by atoms with van der Waals surface area (Å²) >= 11 is 0. The van der Waals surface area contributed by atoms with Gasteiger partial charge in [-0.1, -0.05) is 30.3 Å². The average molecular weight is 304 g/mol. The van der Waals surface area contributed by atoms with Gasteiger partial charge in [0.1, 0.15) is 0 Å². The molecule has 0 N–H and O–H groups in total. The van der Waals surface area contributed by atoms with Crippen LogP contribution in [0.5, 0.6) is 0 Å². The van der Waals surface area contributed by atoms with Crippen molar-refractivity contribution in [2.75, 3.05) is 0 Å². The van der Waals surface area contributed by atoms with E-state index in [9.17, 15) is 14.4 Å². The standard InChI is InChI=1S/C17H20O5/c1-11(2)21-16(19)14(13-8-6-5-7-9-13)10-15(18)17(20)22-12(3)4/h5-12H,1-4H3/b14-10+. The predicted molar refractivity (Wildman–Crippen MR) is 81.9 cm³/mol. The first-order valence-corrected chi connectivity index (χ1v) is 7.04. The minimum Gasteiger partial charge on any atom is -0.459 e. The van der Waals surface area contributed by atoms with Gasteiger partial charge < -0.3 is 9.47 Å². The fourth-order valence-corrected chi connectivity index (χ4v) is 1.62. The summed E-state index contributed by atoms with van der Waals surface area (Å²) < 4.78 is 9.94. The van der Waals surface area contributed by atoms with Crippen molar-refractivity contribution in [1.82, 2.24) is 0 Å². The van der Waals surface area contributed by atoms with Crippen LogP contribution < -0.4 is 0 Å². The van der Waals surface area contributed by atoms with Gasteiger partial charge in [-0.3, -0.25) is 4.79 Å². The van der Waals surface area contributed by atoms with Gasteiger partial charge in [-0.2, -0.15) is 0 Å². The van der Waals surface area contributed by atoms with E-state index in [0.29, 0.717) is 5.56 Å². The van der Waals surface area contributed by atoms with E-state index in [1.165, 1.54) is 0 Å². The predicted octanol–water partition coefficient (Wildman–Crippen LogP) is 2.54. The molecule has 0 radical (unpaired) electrons. The number of ketones is 1. The first-order chi connectivity index (χ1) is 10.3. The molecular weight excluding hydrogens is 284 g/mol. The van der Waals surface area contributed by atoms with Gasteiger partial charge in [-0.15, -0.1) is 0 Å². The van der Waals surface area contributed by atoms with Crippen LogP contribution in [0.25, 0.3) is 5.57 Å². The lowest BCUT2D eigenvalue weighted by molar-refractivity contribution is -0.154. The van der Waals surface area contributed by atoms with Gasteiger partial charge in [-0.25, -0.2) is 9.59 Å². The molecule has 118 valence electrons. The fourth-order valence-electron chi connectivity index (χ4n) is 1.62. The van der Waals surface area contributed by atoms with Crippen LogP contribution in [0.15, 0.2) is 36.4 Å². The molecule has 22 heavy (non-hydrogen) atoms. The molecule has 1 aromatic rings. The molecule has 0 saturated heterocycles. The Bertz CT molecular complexity index is 570. The van der Waals surface area contributed by atoms with Crippen molar-refractivity contribution >= 4 is 23.3 Å². The Morgan fingerprint density at radius 1 is 0.864 bits per heavy atom. The van der Waals surface area contributed by atoms with Gasteiger partial charge in [-0.05, 0) is 33.3 Å². The third-order valence-corrected chi connectivity index (χ3v) is 2.47. The van der Waals surface area contributed by atoms with Gasteiger partial charge in [0.05, 0.1) is 17.8 Å². The summed E-state index contributed by atoms with van der Waals surface area (Å²) in [5.41, 5.74) is 0.527. The van der Waals surface area contributed by atoms with Gasteiger partial charge in [0.2, 0.25) is 0 Å². The molecule has 0 aliphatic carbocycles. The molecule has 0 aliphatic heterocycles. The topological polar surface area (TPSA) is 69.7 Å². The molecule has 0 fully saturated rings. The zero-order chi connectivity index (χ0) is 16.7. The highest BCUT2D eigenvalue weighted by Crippen LogP contribution is 2.17. The molecule has 0 saturated carbocycles.